The van der Waals surface area contributed by atoms with Gasteiger partial charge in [-0.1, -0.05) is 25.1 Å². The van der Waals surface area contributed by atoms with Crippen LogP contribution in [-0.2, 0) is 19.4 Å². The van der Waals surface area contributed by atoms with E-state index >= 15 is 0 Å². The van der Waals surface area contributed by atoms with E-state index in [2.05, 4.69) is 17.8 Å². The molecule has 0 spiro atoms. The highest BCUT2D eigenvalue weighted by molar-refractivity contribution is 7.14. The summed E-state index contributed by atoms with van der Waals surface area (Å²) in [6, 6.07) is 12.9. The topological polar surface area (TPSA) is 80.6 Å². The van der Waals surface area contributed by atoms with Gasteiger partial charge in [0.15, 0.2) is 5.76 Å². The van der Waals surface area contributed by atoms with Gasteiger partial charge >= 0.3 is 5.91 Å². The Bertz CT molecular complexity index is 1010. The molecule has 6 nitrogen and oxygen atoms in total. The molecular formula is C22H22N2O4S. The quantitative estimate of drug-likeness (QED) is 0.620. The number of ether oxygens (including phenoxy) is 1. The van der Waals surface area contributed by atoms with Crippen LogP contribution in [0.1, 0.15) is 49.6 Å². The number of nitrogens with one attached hydrogen (secondary N) is 2. The lowest BCUT2D eigenvalue weighted by atomic mass is 9.90. The van der Waals surface area contributed by atoms with Crippen molar-refractivity contribution in [2.45, 2.75) is 32.8 Å². The molecule has 2 aromatic heterocycles. The Hall–Kier alpha value is -3.06. The van der Waals surface area contributed by atoms with Crippen molar-refractivity contribution in [1.29, 1.82) is 0 Å². The minimum absolute atomic E-state index is 0.112. The molecule has 2 heterocycles. The number of hydrazine groups is 1. The maximum atomic E-state index is 12.4. The third kappa shape index (κ3) is 4.51. The average molecular weight is 410 g/mol. The minimum atomic E-state index is -0.523. The summed E-state index contributed by atoms with van der Waals surface area (Å²) in [6.07, 6.45) is 4.59. The second-order valence-electron chi connectivity index (χ2n) is 7.19. The number of thiophene rings is 1. The zero-order chi connectivity index (χ0) is 20.2. The summed E-state index contributed by atoms with van der Waals surface area (Å²) < 4.78 is 11.0. The summed E-state index contributed by atoms with van der Waals surface area (Å²) in [4.78, 5) is 26.8. The van der Waals surface area contributed by atoms with Crippen LogP contribution in [-0.4, -0.2) is 11.8 Å². The van der Waals surface area contributed by atoms with E-state index in [0.717, 1.165) is 19.3 Å². The van der Waals surface area contributed by atoms with Crippen molar-refractivity contribution in [3.8, 4) is 5.75 Å². The van der Waals surface area contributed by atoms with E-state index in [1.807, 2.05) is 36.4 Å². The Kier molecular flexibility index (Phi) is 5.67. The number of amides is 2. The van der Waals surface area contributed by atoms with Crippen LogP contribution >= 0.6 is 11.3 Å². The first-order valence-corrected chi connectivity index (χ1v) is 10.4. The molecule has 0 bridgehead atoms. The Balaban J connectivity index is 1.34. The molecule has 0 saturated carbocycles. The largest absolute Gasteiger partial charge is 0.489 e. The maximum absolute atomic E-state index is 12.4. The summed E-state index contributed by atoms with van der Waals surface area (Å²) in [6.45, 7) is 2.41. The predicted molar refractivity (Wildman–Crippen MR) is 110 cm³/mol. The van der Waals surface area contributed by atoms with E-state index in [-0.39, 0.29) is 18.3 Å². The standard InChI is InChI=1S/C22H22N2O4S/c1-14-7-8-18-16(11-14)12-19(29-18)21(25)23-24-22(26)20-15(9-10-27-20)13-28-17-5-3-2-4-6-17/h2-6,9-10,12,14H,7-8,11,13H2,1H3,(H,23,25)(H,24,26). The molecule has 7 heteroatoms. The van der Waals surface area contributed by atoms with Gasteiger partial charge in [0.2, 0.25) is 0 Å². The van der Waals surface area contributed by atoms with Crippen LogP contribution in [0.25, 0.3) is 0 Å². The van der Waals surface area contributed by atoms with Gasteiger partial charge < -0.3 is 9.15 Å². The molecule has 1 atom stereocenters. The number of carbonyl (C=O) groups is 2. The summed E-state index contributed by atoms with van der Waals surface area (Å²) in [7, 11) is 0. The van der Waals surface area contributed by atoms with Crippen molar-refractivity contribution in [2.75, 3.05) is 0 Å². The van der Waals surface area contributed by atoms with Crippen LogP contribution in [0.15, 0.2) is 53.1 Å². The van der Waals surface area contributed by atoms with E-state index in [0.29, 0.717) is 22.1 Å². The highest BCUT2D eigenvalue weighted by Gasteiger charge is 2.22. The van der Waals surface area contributed by atoms with Crippen molar-refractivity contribution < 1.29 is 18.7 Å². The highest BCUT2D eigenvalue weighted by atomic mass is 32.1. The lowest BCUT2D eigenvalue weighted by Gasteiger charge is -2.16. The Labute approximate surface area is 172 Å². The van der Waals surface area contributed by atoms with Crippen molar-refractivity contribution in [1.82, 2.24) is 10.9 Å². The van der Waals surface area contributed by atoms with Crippen molar-refractivity contribution >= 4 is 23.2 Å². The fourth-order valence-corrected chi connectivity index (χ4v) is 4.48. The minimum Gasteiger partial charge on any atom is -0.489 e. The van der Waals surface area contributed by atoms with Crippen LogP contribution in [0.5, 0.6) is 5.75 Å². The monoisotopic (exact) mass is 410 g/mol. The van der Waals surface area contributed by atoms with Crippen LogP contribution in [0.4, 0.5) is 0 Å². The van der Waals surface area contributed by atoms with Crippen molar-refractivity contribution in [2.24, 2.45) is 5.92 Å². The molecule has 0 saturated heterocycles. The molecule has 2 amide bonds. The van der Waals surface area contributed by atoms with Gasteiger partial charge in [0.1, 0.15) is 12.4 Å². The number of para-hydroxylation sites is 1. The van der Waals surface area contributed by atoms with E-state index in [4.69, 9.17) is 9.15 Å². The first kappa shape index (κ1) is 19.3. The maximum Gasteiger partial charge on any atom is 0.305 e. The fourth-order valence-electron chi connectivity index (χ4n) is 3.38. The second kappa shape index (κ2) is 8.53. The molecule has 29 heavy (non-hydrogen) atoms. The van der Waals surface area contributed by atoms with Crippen LogP contribution in [0.3, 0.4) is 0 Å². The fraction of sp³-hybridized carbons (Fsp3) is 0.273. The van der Waals surface area contributed by atoms with Gasteiger partial charge in [-0.05, 0) is 55.0 Å². The van der Waals surface area contributed by atoms with E-state index in [1.54, 1.807) is 6.07 Å². The predicted octanol–water partition coefficient (Wildman–Crippen LogP) is 4.12. The molecular weight excluding hydrogens is 388 g/mol. The Morgan fingerprint density at radius 3 is 2.79 bits per heavy atom. The Morgan fingerprint density at radius 2 is 1.97 bits per heavy atom. The number of benzene rings is 1. The molecule has 4 rings (SSSR count). The molecule has 0 fully saturated rings. The van der Waals surface area contributed by atoms with Gasteiger partial charge in [-0.25, -0.2) is 0 Å². The van der Waals surface area contributed by atoms with E-state index in [1.165, 1.54) is 28.0 Å². The zero-order valence-electron chi connectivity index (χ0n) is 16.1. The zero-order valence-corrected chi connectivity index (χ0v) is 16.9. The summed E-state index contributed by atoms with van der Waals surface area (Å²) >= 11 is 1.50. The number of hydrogen-bond donors (Lipinski definition) is 2. The molecule has 1 unspecified atom stereocenters. The van der Waals surface area contributed by atoms with Crippen LogP contribution in [0, 0.1) is 5.92 Å². The molecule has 3 aromatic rings. The first-order chi connectivity index (χ1) is 14.1. The number of aryl methyl sites for hydroxylation is 1. The number of furan rings is 1. The normalized spacial score (nSPS) is 15.4. The highest BCUT2D eigenvalue weighted by Crippen LogP contribution is 2.32. The van der Waals surface area contributed by atoms with E-state index < -0.39 is 5.91 Å². The van der Waals surface area contributed by atoms with Gasteiger partial charge in [-0.2, -0.15) is 0 Å². The third-order valence-corrected chi connectivity index (χ3v) is 6.17. The summed E-state index contributed by atoms with van der Waals surface area (Å²) in [5.41, 5.74) is 6.75. The van der Waals surface area contributed by atoms with Crippen LogP contribution < -0.4 is 15.6 Å². The summed E-state index contributed by atoms with van der Waals surface area (Å²) in [5, 5.41) is 0. The van der Waals surface area contributed by atoms with Gasteiger partial charge in [0.05, 0.1) is 11.1 Å². The average Bonchev–Trinajstić information content (AvgIpc) is 3.37. The van der Waals surface area contributed by atoms with Crippen LogP contribution in [0.2, 0.25) is 0 Å². The smallest absolute Gasteiger partial charge is 0.305 e. The van der Waals surface area contributed by atoms with Gasteiger partial charge in [0, 0.05) is 10.4 Å². The molecule has 1 aliphatic rings. The number of hydrogen-bond acceptors (Lipinski definition) is 5. The molecule has 0 radical (unpaired) electrons. The molecule has 1 aromatic carbocycles. The number of rotatable bonds is 5. The number of fused-ring (bicyclic) bond motifs is 1. The molecule has 2 N–H and O–H groups in total. The third-order valence-electron chi connectivity index (χ3n) is 4.93. The lowest BCUT2D eigenvalue weighted by molar-refractivity contribution is 0.0830. The van der Waals surface area contributed by atoms with Gasteiger partial charge in [-0.15, -0.1) is 11.3 Å². The first-order valence-electron chi connectivity index (χ1n) is 9.56. The lowest BCUT2D eigenvalue weighted by Crippen LogP contribution is -2.41. The van der Waals surface area contributed by atoms with Gasteiger partial charge in [0.25, 0.3) is 5.91 Å². The van der Waals surface area contributed by atoms with Gasteiger partial charge in [-0.3, -0.25) is 20.4 Å². The molecule has 150 valence electrons. The molecule has 1 aliphatic carbocycles. The van der Waals surface area contributed by atoms with E-state index in [9.17, 15) is 9.59 Å². The SMILES string of the molecule is CC1CCc2sc(C(=O)NNC(=O)c3occc3COc3ccccc3)cc2C1. The second-order valence-corrected chi connectivity index (χ2v) is 8.33. The van der Waals surface area contributed by atoms with Crippen molar-refractivity contribution in [3.63, 3.8) is 0 Å². The number of carbonyl (C=O) groups excluding carboxylic acids is 2. The van der Waals surface area contributed by atoms with Crippen molar-refractivity contribution in [3.05, 3.63) is 75.4 Å². The summed E-state index contributed by atoms with van der Waals surface area (Å²) in [5.74, 6) is 0.608. The Morgan fingerprint density at radius 1 is 1.17 bits per heavy atom. The molecule has 0 aliphatic heterocycles.